The topological polar surface area (TPSA) is 41.1 Å². The van der Waals surface area contributed by atoms with E-state index in [-0.39, 0.29) is 11.3 Å². The van der Waals surface area contributed by atoms with Crippen LogP contribution >= 0.6 is 11.3 Å². The first-order valence-electron chi connectivity index (χ1n) is 7.09. The van der Waals surface area contributed by atoms with Crippen molar-refractivity contribution in [3.05, 3.63) is 22.4 Å². The number of nitrogens with one attached hydrogen (secondary N) is 2. The highest BCUT2D eigenvalue weighted by atomic mass is 32.1. The highest BCUT2D eigenvalue weighted by Gasteiger charge is 2.23. The molecule has 0 aliphatic carbocycles. The first-order valence-corrected chi connectivity index (χ1v) is 7.97. The summed E-state index contributed by atoms with van der Waals surface area (Å²) in [5.74, 6) is 0.766. The first-order chi connectivity index (χ1) is 9.08. The summed E-state index contributed by atoms with van der Waals surface area (Å²) in [5, 5.41) is 8.53. The third-order valence-corrected chi connectivity index (χ3v) is 5.08. The molecule has 1 saturated heterocycles. The fourth-order valence-electron chi connectivity index (χ4n) is 2.49. The van der Waals surface area contributed by atoms with Crippen LogP contribution in [0.15, 0.2) is 17.5 Å². The van der Waals surface area contributed by atoms with E-state index in [1.165, 1.54) is 4.88 Å². The van der Waals surface area contributed by atoms with E-state index in [0.29, 0.717) is 12.3 Å². The number of rotatable bonds is 5. The zero-order valence-electron chi connectivity index (χ0n) is 11.9. The predicted molar refractivity (Wildman–Crippen MR) is 80.6 cm³/mol. The molecule has 0 spiro atoms. The summed E-state index contributed by atoms with van der Waals surface area (Å²) >= 11 is 1.76. The average Bonchev–Trinajstić information content (AvgIpc) is 2.92. The second-order valence-corrected chi connectivity index (χ2v) is 6.98. The van der Waals surface area contributed by atoms with Gasteiger partial charge in [-0.05, 0) is 43.3 Å². The van der Waals surface area contributed by atoms with Gasteiger partial charge < -0.3 is 10.6 Å². The molecule has 1 aliphatic heterocycles. The molecule has 2 rings (SSSR count). The number of carbonyl (C=O) groups excluding carboxylic acids is 1. The van der Waals surface area contributed by atoms with Crippen molar-refractivity contribution in [3.63, 3.8) is 0 Å². The summed E-state index contributed by atoms with van der Waals surface area (Å²) in [7, 11) is 0. The molecule has 0 bridgehead atoms. The highest BCUT2D eigenvalue weighted by Crippen LogP contribution is 2.26. The van der Waals surface area contributed by atoms with E-state index in [4.69, 9.17) is 0 Å². The van der Waals surface area contributed by atoms with E-state index in [1.54, 1.807) is 11.3 Å². The Labute approximate surface area is 119 Å². The van der Waals surface area contributed by atoms with Gasteiger partial charge in [0.25, 0.3) is 0 Å². The zero-order chi connectivity index (χ0) is 13.7. The summed E-state index contributed by atoms with van der Waals surface area (Å²) in [6, 6.07) is 4.21. The minimum Gasteiger partial charge on any atom is -0.355 e. The number of amides is 1. The third kappa shape index (κ3) is 4.32. The Bertz CT molecular complexity index is 394. The summed E-state index contributed by atoms with van der Waals surface area (Å²) in [6.45, 7) is 7.20. The summed E-state index contributed by atoms with van der Waals surface area (Å²) in [4.78, 5) is 13.3. The summed E-state index contributed by atoms with van der Waals surface area (Å²) < 4.78 is 0. The van der Waals surface area contributed by atoms with Gasteiger partial charge in [-0.25, -0.2) is 0 Å². The summed E-state index contributed by atoms with van der Waals surface area (Å²) in [6.07, 6.45) is 2.94. The van der Waals surface area contributed by atoms with Crippen LogP contribution in [0.2, 0.25) is 0 Å². The molecule has 0 radical (unpaired) electrons. The van der Waals surface area contributed by atoms with Crippen molar-refractivity contribution in [2.45, 2.75) is 38.5 Å². The van der Waals surface area contributed by atoms with Crippen LogP contribution in [0.1, 0.15) is 38.0 Å². The average molecular weight is 280 g/mol. The number of piperidine rings is 1. The number of carbonyl (C=O) groups is 1. The maximum absolute atomic E-state index is 12.0. The van der Waals surface area contributed by atoms with Gasteiger partial charge in [-0.1, -0.05) is 19.9 Å². The molecule has 1 fully saturated rings. The maximum atomic E-state index is 12.0. The molecule has 0 saturated carbocycles. The van der Waals surface area contributed by atoms with Gasteiger partial charge in [-0.2, -0.15) is 0 Å². The Kier molecular flexibility index (Phi) is 4.99. The lowest BCUT2D eigenvalue weighted by atomic mass is 9.90. The number of hydrogen-bond donors (Lipinski definition) is 2. The summed E-state index contributed by atoms with van der Waals surface area (Å²) in [5.41, 5.74) is 0.0257. The Morgan fingerprint density at radius 1 is 1.47 bits per heavy atom. The largest absolute Gasteiger partial charge is 0.355 e. The normalized spacial score (nSPS) is 17.4. The Hall–Kier alpha value is -0.870. The van der Waals surface area contributed by atoms with Gasteiger partial charge in [0.2, 0.25) is 5.91 Å². The van der Waals surface area contributed by atoms with E-state index in [0.717, 1.165) is 32.5 Å². The van der Waals surface area contributed by atoms with Gasteiger partial charge in [0.1, 0.15) is 0 Å². The standard InChI is InChI=1S/C15H24N2OS/c1-15(2,13-4-3-9-19-13)11-17-14(18)10-12-5-7-16-8-6-12/h3-4,9,12,16H,5-8,10-11H2,1-2H3,(H,17,18). The Morgan fingerprint density at radius 3 is 2.84 bits per heavy atom. The van der Waals surface area contributed by atoms with Gasteiger partial charge in [0, 0.05) is 23.3 Å². The van der Waals surface area contributed by atoms with Crippen LogP contribution < -0.4 is 10.6 Å². The van der Waals surface area contributed by atoms with Gasteiger partial charge >= 0.3 is 0 Å². The van der Waals surface area contributed by atoms with Crippen LogP contribution in [0.3, 0.4) is 0 Å². The molecular weight excluding hydrogens is 256 g/mol. The van der Waals surface area contributed by atoms with Crippen molar-refractivity contribution in [2.24, 2.45) is 5.92 Å². The molecule has 1 aliphatic rings. The molecule has 1 aromatic heterocycles. The molecule has 0 unspecified atom stereocenters. The van der Waals surface area contributed by atoms with Gasteiger partial charge in [-0.3, -0.25) is 4.79 Å². The second-order valence-electron chi connectivity index (χ2n) is 6.04. The Balaban J connectivity index is 1.76. The fraction of sp³-hybridized carbons (Fsp3) is 0.667. The fourth-order valence-corrected chi connectivity index (χ4v) is 3.34. The van der Waals surface area contributed by atoms with Gasteiger partial charge in [0.15, 0.2) is 0 Å². The van der Waals surface area contributed by atoms with Crippen molar-refractivity contribution in [2.75, 3.05) is 19.6 Å². The van der Waals surface area contributed by atoms with E-state index >= 15 is 0 Å². The molecule has 1 amide bonds. The monoisotopic (exact) mass is 280 g/mol. The second kappa shape index (κ2) is 6.53. The molecule has 1 aromatic rings. The van der Waals surface area contributed by atoms with Crippen molar-refractivity contribution in [3.8, 4) is 0 Å². The van der Waals surface area contributed by atoms with Crippen LogP contribution in [0.4, 0.5) is 0 Å². The SMILES string of the molecule is CC(C)(CNC(=O)CC1CCNCC1)c1cccs1. The van der Waals surface area contributed by atoms with Crippen molar-refractivity contribution in [1.82, 2.24) is 10.6 Å². The lowest BCUT2D eigenvalue weighted by molar-refractivity contribution is -0.122. The lowest BCUT2D eigenvalue weighted by Gasteiger charge is -2.25. The van der Waals surface area contributed by atoms with Crippen LogP contribution in [-0.4, -0.2) is 25.5 Å². The lowest BCUT2D eigenvalue weighted by Crippen LogP contribution is -2.38. The van der Waals surface area contributed by atoms with E-state index in [2.05, 4.69) is 42.0 Å². The van der Waals surface area contributed by atoms with Crippen molar-refractivity contribution < 1.29 is 4.79 Å². The number of hydrogen-bond acceptors (Lipinski definition) is 3. The van der Waals surface area contributed by atoms with E-state index < -0.39 is 0 Å². The van der Waals surface area contributed by atoms with Crippen molar-refractivity contribution >= 4 is 17.2 Å². The molecule has 2 heterocycles. The third-order valence-electron chi connectivity index (χ3n) is 3.85. The Morgan fingerprint density at radius 2 is 2.21 bits per heavy atom. The molecule has 4 heteroatoms. The van der Waals surface area contributed by atoms with Gasteiger partial charge in [0.05, 0.1) is 0 Å². The smallest absolute Gasteiger partial charge is 0.220 e. The molecule has 19 heavy (non-hydrogen) atoms. The van der Waals surface area contributed by atoms with Crippen LogP contribution in [-0.2, 0) is 10.2 Å². The molecule has 0 aromatic carbocycles. The molecule has 0 atom stereocenters. The van der Waals surface area contributed by atoms with Crippen molar-refractivity contribution in [1.29, 1.82) is 0 Å². The molecule has 106 valence electrons. The van der Waals surface area contributed by atoms with Crippen LogP contribution in [0.25, 0.3) is 0 Å². The molecule has 3 nitrogen and oxygen atoms in total. The van der Waals surface area contributed by atoms with Crippen LogP contribution in [0, 0.1) is 5.92 Å². The predicted octanol–water partition coefficient (Wildman–Crippen LogP) is 2.53. The molecule has 2 N–H and O–H groups in total. The van der Waals surface area contributed by atoms with Gasteiger partial charge in [-0.15, -0.1) is 11.3 Å². The zero-order valence-corrected chi connectivity index (χ0v) is 12.7. The van der Waals surface area contributed by atoms with E-state index in [1.807, 2.05) is 0 Å². The maximum Gasteiger partial charge on any atom is 0.220 e. The minimum absolute atomic E-state index is 0.0257. The number of thiophene rings is 1. The highest BCUT2D eigenvalue weighted by molar-refractivity contribution is 7.10. The quantitative estimate of drug-likeness (QED) is 0.870. The van der Waals surface area contributed by atoms with E-state index in [9.17, 15) is 4.79 Å². The van der Waals surface area contributed by atoms with Crippen LogP contribution in [0.5, 0.6) is 0 Å². The molecular formula is C15H24N2OS. The first kappa shape index (κ1) is 14.5. The minimum atomic E-state index is 0.0257.